The van der Waals surface area contributed by atoms with Crippen molar-refractivity contribution in [1.82, 2.24) is 5.32 Å². The number of rotatable bonds is 5. The molecule has 2 aliphatic carbocycles. The molecule has 2 unspecified atom stereocenters. The van der Waals surface area contributed by atoms with E-state index in [-0.39, 0.29) is 0 Å². The Balaban J connectivity index is 1.53. The molecule has 21 heavy (non-hydrogen) atoms. The third-order valence-corrected chi connectivity index (χ3v) is 5.60. The number of methoxy groups -OCH3 is 1. The van der Waals surface area contributed by atoms with Crippen LogP contribution < -0.4 is 10.1 Å². The summed E-state index contributed by atoms with van der Waals surface area (Å²) in [5.74, 6) is 2.65. The summed E-state index contributed by atoms with van der Waals surface area (Å²) in [5, 5.41) is 3.95. The van der Waals surface area contributed by atoms with Crippen molar-refractivity contribution in [2.45, 2.75) is 69.9 Å². The van der Waals surface area contributed by atoms with E-state index in [0.29, 0.717) is 5.92 Å². The van der Waals surface area contributed by atoms with Crippen LogP contribution in [-0.4, -0.2) is 19.2 Å². The van der Waals surface area contributed by atoms with Gasteiger partial charge >= 0.3 is 0 Å². The summed E-state index contributed by atoms with van der Waals surface area (Å²) in [4.78, 5) is 0. The molecule has 116 valence electrons. The molecule has 1 aromatic carbocycles. The first-order valence-corrected chi connectivity index (χ1v) is 8.70. The third-order valence-electron chi connectivity index (χ3n) is 5.60. The molecule has 0 spiro atoms. The Morgan fingerprint density at radius 1 is 1.14 bits per heavy atom. The summed E-state index contributed by atoms with van der Waals surface area (Å²) < 4.78 is 5.50. The molecule has 2 saturated carbocycles. The quantitative estimate of drug-likeness (QED) is 0.861. The Hall–Kier alpha value is -1.02. The van der Waals surface area contributed by atoms with Gasteiger partial charge in [0.25, 0.3) is 0 Å². The van der Waals surface area contributed by atoms with Gasteiger partial charge in [0.15, 0.2) is 0 Å². The molecular weight excluding hydrogens is 258 g/mol. The zero-order valence-electron chi connectivity index (χ0n) is 13.5. The standard InChI is InChI=1S/C19H29NO/c1-3-14-8-4-6-10-18(14)20-16-12-15(13-16)17-9-5-7-11-19(17)21-2/h5,7,9,11,14-16,18,20H,3-4,6,8,10,12-13H2,1-2H3. The van der Waals surface area contributed by atoms with Crippen LogP contribution >= 0.6 is 0 Å². The molecule has 2 atom stereocenters. The second-order valence-electron chi connectivity index (χ2n) is 6.83. The highest BCUT2D eigenvalue weighted by Crippen LogP contribution is 2.42. The monoisotopic (exact) mass is 287 g/mol. The van der Waals surface area contributed by atoms with Gasteiger partial charge in [-0.2, -0.15) is 0 Å². The van der Waals surface area contributed by atoms with E-state index in [9.17, 15) is 0 Å². The van der Waals surface area contributed by atoms with Crippen LogP contribution in [0.2, 0.25) is 0 Å². The molecule has 2 aliphatic rings. The number of hydrogen-bond donors (Lipinski definition) is 1. The minimum Gasteiger partial charge on any atom is -0.496 e. The maximum Gasteiger partial charge on any atom is 0.122 e. The highest BCUT2D eigenvalue weighted by Gasteiger charge is 2.35. The van der Waals surface area contributed by atoms with Crippen molar-refractivity contribution in [2.24, 2.45) is 5.92 Å². The molecule has 0 radical (unpaired) electrons. The number of para-hydroxylation sites is 1. The number of hydrogen-bond acceptors (Lipinski definition) is 2. The van der Waals surface area contributed by atoms with Gasteiger partial charge in [0.1, 0.15) is 5.75 Å². The van der Waals surface area contributed by atoms with Crippen LogP contribution in [0.15, 0.2) is 24.3 Å². The minimum atomic E-state index is 0.683. The molecule has 0 bridgehead atoms. The Kier molecular flexibility index (Phi) is 4.84. The maximum absolute atomic E-state index is 5.50. The molecule has 0 amide bonds. The molecular formula is C19H29NO. The molecule has 2 nitrogen and oxygen atoms in total. The first-order chi connectivity index (χ1) is 10.3. The van der Waals surface area contributed by atoms with Crippen LogP contribution in [-0.2, 0) is 0 Å². The van der Waals surface area contributed by atoms with Crippen LogP contribution in [0.4, 0.5) is 0 Å². The van der Waals surface area contributed by atoms with E-state index in [1.54, 1.807) is 7.11 Å². The van der Waals surface area contributed by atoms with Crippen LogP contribution in [0.1, 0.15) is 63.4 Å². The third kappa shape index (κ3) is 3.26. The molecule has 0 aliphatic heterocycles. The van der Waals surface area contributed by atoms with Crippen molar-refractivity contribution in [3.05, 3.63) is 29.8 Å². The highest BCUT2D eigenvalue weighted by molar-refractivity contribution is 5.37. The molecule has 1 aromatic rings. The molecule has 2 heteroatoms. The normalized spacial score (nSPS) is 32.5. The lowest BCUT2D eigenvalue weighted by atomic mass is 9.74. The Bertz CT molecular complexity index is 453. The second-order valence-corrected chi connectivity index (χ2v) is 6.83. The van der Waals surface area contributed by atoms with Gasteiger partial charge in [0.2, 0.25) is 0 Å². The van der Waals surface area contributed by atoms with E-state index in [0.717, 1.165) is 23.8 Å². The summed E-state index contributed by atoms with van der Waals surface area (Å²) in [6, 6.07) is 10.0. The lowest BCUT2D eigenvalue weighted by molar-refractivity contribution is 0.187. The largest absolute Gasteiger partial charge is 0.496 e. The smallest absolute Gasteiger partial charge is 0.122 e. The molecule has 0 heterocycles. The fourth-order valence-electron chi connectivity index (χ4n) is 4.23. The van der Waals surface area contributed by atoms with Crippen molar-refractivity contribution in [1.29, 1.82) is 0 Å². The summed E-state index contributed by atoms with van der Waals surface area (Å²) in [6.45, 7) is 2.35. The van der Waals surface area contributed by atoms with Gasteiger partial charge in [-0.15, -0.1) is 0 Å². The van der Waals surface area contributed by atoms with Gasteiger partial charge in [0.05, 0.1) is 7.11 Å². The number of nitrogens with one attached hydrogen (secondary N) is 1. The summed E-state index contributed by atoms with van der Waals surface area (Å²) in [7, 11) is 1.78. The predicted octanol–water partition coefficient (Wildman–Crippen LogP) is 4.50. The van der Waals surface area contributed by atoms with Crippen LogP contribution in [0.25, 0.3) is 0 Å². The van der Waals surface area contributed by atoms with E-state index in [1.807, 2.05) is 0 Å². The fourth-order valence-corrected chi connectivity index (χ4v) is 4.23. The lowest BCUT2D eigenvalue weighted by Gasteiger charge is -2.42. The van der Waals surface area contributed by atoms with Crippen molar-refractivity contribution in [3.8, 4) is 5.75 Å². The Labute approximate surface area is 129 Å². The van der Waals surface area contributed by atoms with E-state index in [1.165, 1.54) is 50.5 Å². The molecule has 0 saturated heterocycles. The SMILES string of the molecule is CCC1CCCCC1NC1CC(c2ccccc2OC)C1. The number of benzene rings is 1. The van der Waals surface area contributed by atoms with Crippen LogP contribution in [0.3, 0.4) is 0 Å². The van der Waals surface area contributed by atoms with Gasteiger partial charge in [-0.05, 0) is 49.1 Å². The number of ether oxygens (including phenoxy) is 1. The van der Waals surface area contributed by atoms with Crippen molar-refractivity contribution in [2.75, 3.05) is 7.11 Å². The zero-order chi connectivity index (χ0) is 14.7. The summed E-state index contributed by atoms with van der Waals surface area (Å²) in [5.41, 5.74) is 1.40. The summed E-state index contributed by atoms with van der Waals surface area (Å²) >= 11 is 0. The van der Waals surface area contributed by atoms with E-state index < -0.39 is 0 Å². The molecule has 0 aromatic heterocycles. The van der Waals surface area contributed by atoms with E-state index >= 15 is 0 Å². The predicted molar refractivity (Wildman–Crippen MR) is 87.9 cm³/mol. The van der Waals surface area contributed by atoms with Crippen LogP contribution in [0.5, 0.6) is 5.75 Å². The fraction of sp³-hybridized carbons (Fsp3) is 0.684. The van der Waals surface area contributed by atoms with Crippen LogP contribution in [0, 0.1) is 5.92 Å². The van der Waals surface area contributed by atoms with Gasteiger partial charge < -0.3 is 10.1 Å². The topological polar surface area (TPSA) is 21.3 Å². The molecule has 3 rings (SSSR count). The Morgan fingerprint density at radius 2 is 1.90 bits per heavy atom. The van der Waals surface area contributed by atoms with Gasteiger partial charge in [0, 0.05) is 12.1 Å². The molecule has 1 N–H and O–H groups in total. The zero-order valence-corrected chi connectivity index (χ0v) is 13.5. The minimum absolute atomic E-state index is 0.683. The lowest BCUT2D eigenvalue weighted by Crippen LogP contribution is -2.49. The Morgan fingerprint density at radius 3 is 2.67 bits per heavy atom. The summed E-state index contributed by atoms with van der Waals surface area (Å²) in [6.07, 6.45) is 9.54. The van der Waals surface area contributed by atoms with Crippen molar-refractivity contribution < 1.29 is 4.74 Å². The first kappa shape index (κ1) is 14.9. The van der Waals surface area contributed by atoms with Gasteiger partial charge in [-0.3, -0.25) is 0 Å². The van der Waals surface area contributed by atoms with E-state index in [4.69, 9.17) is 4.74 Å². The maximum atomic E-state index is 5.50. The second kappa shape index (κ2) is 6.83. The van der Waals surface area contributed by atoms with Crippen molar-refractivity contribution >= 4 is 0 Å². The van der Waals surface area contributed by atoms with Gasteiger partial charge in [-0.1, -0.05) is 44.4 Å². The van der Waals surface area contributed by atoms with Gasteiger partial charge in [-0.25, -0.2) is 0 Å². The van der Waals surface area contributed by atoms with Crippen molar-refractivity contribution in [3.63, 3.8) is 0 Å². The van der Waals surface area contributed by atoms with E-state index in [2.05, 4.69) is 36.5 Å². The highest BCUT2D eigenvalue weighted by atomic mass is 16.5. The average molecular weight is 287 g/mol. The average Bonchev–Trinajstić information content (AvgIpc) is 2.51. The molecule has 2 fully saturated rings. The first-order valence-electron chi connectivity index (χ1n) is 8.70.